The number of aromatic carboxylic acids is 1. The highest BCUT2D eigenvalue weighted by Gasteiger charge is 2.07. The van der Waals surface area contributed by atoms with Crippen molar-refractivity contribution in [3.8, 4) is 0 Å². The lowest BCUT2D eigenvalue weighted by atomic mass is 10.1. The highest BCUT2D eigenvalue weighted by atomic mass is 32.1. The van der Waals surface area contributed by atoms with Crippen molar-refractivity contribution in [1.82, 2.24) is 0 Å². The Morgan fingerprint density at radius 1 is 1.28 bits per heavy atom. The lowest BCUT2D eigenvalue weighted by molar-refractivity contribution is -0.107. The molecule has 0 saturated heterocycles. The molecule has 0 aliphatic heterocycles. The SMILES string of the molecule is O=CN(Cc1ccc(C(=O)O)cc1)c1ccsc1. The number of hydrogen-bond acceptors (Lipinski definition) is 3. The minimum atomic E-state index is -0.952. The summed E-state index contributed by atoms with van der Waals surface area (Å²) < 4.78 is 0. The Morgan fingerprint density at radius 2 is 2.00 bits per heavy atom. The first-order chi connectivity index (χ1) is 8.70. The summed E-state index contributed by atoms with van der Waals surface area (Å²) in [5.74, 6) is -0.952. The third kappa shape index (κ3) is 2.75. The third-order valence-corrected chi connectivity index (χ3v) is 3.19. The van der Waals surface area contributed by atoms with Gasteiger partial charge in [0.05, 0.1) is 17.8 Å². The van der Waals surface area contributed by atoms with Gasteiger partial charge in [-0.25, -0.2) is 4.79 Å². The van der Waals surface area contributed by atoms with Crippen molar-refractivity contribution in [1.29, 1.82) is 0 Å². The number of carboxylic acids is 1. The molecular weight excluding hydrogens is 250 g/mol. The van der Waals surface area contributed by atoms with E-state index in [0.717, 1.165) is 17.7 Å². The Labute approximate surface area is 108 Å². The van der Waals surface area contributed by atoms with Gasteiger partial charge >= 0.3 is 5.97 Å². The lowest BCUT2D eigenvalue weighted by Gasteiger charge is -2.15. The molecule has 1 aromatic carbocycles. The molecule has 92 valence electrons. The first-order valence-corrected chi connectivity index (χ1v) is 6.21. The van der Waals surface area contributed by atoms with Gasteiger partial charge in [0.15, 0.2) is 0 Å². The second-order valence-electron chi connectivity index (χ2n) is 3.72. The Kier molecular flexibility index (Phi) is 3.74. The van der Waals surface area contributed by atoms with Crippen LogP contribution < -0.4 is 4.90 Å². The van der Waals surface area contributed by atoms with Crippen LogP contribution in [0.3, 0.4) is 0 Å². The normalized spacial score (nSPS) is 10.0. The van der Waals surface area contributed by atoms with Crippen LogP contribution in [0.4, 0.5) is 5.69 Å². The molecule has 18 heavy (non-hydrogen) atoms. The number of anilines is 1. The molecule has 5 heteroatoms. The van der Waals surface area contributed by atoms with Gasteiger partial charge in [0, 0.05) is 5.38 Å². The molecule has 0 radical (unpaired) electrons. The summed E-state index contributed by atoms with van der Waals surface area (Å²) >= 11 is 1.52. The molecule has 1 N–H and O–H groups in total. The number of carboxylic acid groups (broad SMARTS) is 1. The van der Waals surface area contributed by atoms with E-state index < -0.39 is 5.97 Å². The number of carbonyl (C=O) groups excluding carboxylic acids is 1. The molecule has 1 amide bonds. The molecule has 0 unspecified atom stereocenters. The number of thiophene rings is 1. The Bertz CT molecular complexity index is 534. The van der Waals surface area contributed by atoms with Crippen LogP contribution in [0.5, 0.6) is 0 Å². The molecule has 2 rings (SSSR count). The summed E-state index contributed by atoms with van der Waals surface area (Å²) in [6, 6.07) is 8.37. The maximum absolute atomic E-state index is 11.0. The molecule has 4 nitrogen and oxygen atoms in total. The van der Waals surface area contributed by atoms with Gasteiger partial charge < -0.3 is 10.0 Å². The van der Waals surface area contributed by atoms with Crippen molar-refractivity contribution in [2.24, 2.45) is 0 Å². The second kappa shape index (κ2) is 5.46. The van der Waals surface area contributed by atoms with Crippen LogP contribution in [0.2, 0.25) is 0 Å². The fourth-order valence-corrected chi connectivity index (χ4v) is 2.21. The van der Waals surface area contributed by atoms with Gasteiger partial charge in [-0.2, -0.15) is 11.3 Å². The van der Waals surface area contributed by atoms with Gasteiger partial charge in [-0.05, 0) is 29.1 Å². The molecule has 0 aliphatic rings. The van der Waals surface area contributed by atoms with E-state index in [1.54, 1.807) is 17.0 Å². The number of hydrogen-bond donors (Lipinski definition) is 1. The van der Waals surface area contributed by atoms with E-state index >= 15 is 0 Å². The molecule has 1 heterocycles. The van der Waals surface area contributed by atoms with E-state index in [0.29, 0.717) is 6.54 Å². The highest BCUT2D eigenvalue weighted by Crippen LogP contribution is 2.19. The molecule has 0 saturated carbocycles. The predicted molar refractivity (Wildman–Crippen MR) is 70.0 cm³/mol. The van der Waals surface area contributed by atoms with Crippen molar-refractivity contribution in [3.05, 3.63) is 52.2 Å². The van der Waals surface area contributed by atoms with Crippen LogP contribution in [0, 0.1) is 0 Å². The van der Waals surface area contributed by atoms with Gasteiger partial charge in [-0.15, -0.1) is 0 Å². The molecule has 0 spiro atoms. The number of amides is 1. The van der Waals surface area contributed by atoms with Crippen LogP contribution in [-0.4, -0.2) is 17.5 Å². The zero-order valence-corrected chi connectivity index (χ0v) is 10.3. The topological polar surface area (TPSA) is 57.6 Å². The zero-order valence-electron chi connectivity index (χ0n) is 9.45. The second-order valence-corrected chi connectivity index (χ2v) is 4.50. The fourth-order valence-electron chi connectivity index (χ4n) is 1.56. The average molecular weight is 261 g/mol. The van der Waals surface area contributed by atoms with E-state index in [9.17, 15) is 9.59 Å². The number of rotatable bonds is 5. The summed E-state index contributed by atoms with van der Waals surface area (Å²) in [4.78, 5) is 23.3. The number of benzene rings is 1. The monoisotopic (exact) mass is 261 g/mol. The summed E-state index contributed by atoms with van der Waals surface area (Å²) in [5, 5.41) is 12.6. The van der Waals surface area contributed by atoms with E-state index in [1.165, 1.54) is 23.5 Å². The quantitative estimate of drug-likeness (QED) is 0.842. The van der Waals surface area contributed by atoms with Gasteiger partial charge in [0.2, 0.25) is 6.41 Å². The van der Waals surface area contributed by atoms with E-state index in [2.05, 4.69) is 0 Å². The summed E-state index contributed by atoms with van der Waals surface area (Å²) in [6.45, 7) is 0.431. The van der Waals surface area contributed by atoms with Crippen molar-refractivity contribution >= 4 is 29.4 Å². The molecule has 0 fully saturated rings. The van der Waals surface area contributed by atoms with Crippen LogP contribution in [0.25, 0.3) is 0 Å². The molecule has 1 aromatic heterocycles. The Morgan fingerprint density at radius 3 is 2.50 bits per heavy atom. The van der Waals surface area contributed by atoms with Crippen LogP contribution in [-0.2, 0) is 11.3 Å². The van der Waals surface area contributed by atoms with Crippen LogP contribution in [0.15, 0.2) is 41.1 Å². The zero-order chi connectivity index (χ0) is 13.0. The van der Waals surface area contributed by atoms with Crippen molar-refractivity contribution < 1.29 is 14.7 Å². The minimum Gasteiger partial charge on any atom is -0.478 e. The summed E-state index contributed by atoms with van der Waals surface area (Å²) in [7, 11) is 0. The first kappa shape index (κ1) is 12.3. The van der Waals surface area contributed by atoms with Gasteiger partial charge in [-0.3, -0.25) is 4.79 Å². The summed E-state index contributed by atoms with van der Waals surface area (Å²) in [5.41, 5.74) is 1.97. The third-order valence-electron chi connectivity index (χ3n) is 2.52. The van der Waals surface area contributed by atoms with Crippen molar-refractivity contribution in [2.45, 2.75) is 6.54 Å². The van der Waals surface area contributed by atoms with Gasteiger partial charge in [0.25, 0.3) is 0 Å². The smallest absolute Gasteiger partial charge is 0.335 e. The summed E-state index contributed by atoms with van der Waals surface area (Å²) in [6.07, 6.45) is 0.771. The maximum atomic E-state index is 11.0. The van der Waals surface area contributed by atoms with Gasteiger partial charge in [0.1, 0.15) is 0 Å². The Balaban J connectivity index is 2.13. The standard InChI is InChI=1S/C13H11NO3S/c15-9-14(12-5-6-18-8-12)7-10-1-3-11(4-2-10)13(16)17/h1-6,8-9H,7H2,(H,16,17). The first-order valence-electron chi connectivity index (χ1n) is 5.27. The highest BCUT2D eigenvalue weighted by molar-refractivity contribution is 7.08. The Hall–Kier alpha value is -2.14. The number of carbonyl (C=O) groups is 2. The molecule has 0 aliphatic carbocycles. The maximum Gasteiger partial charge on any atom is 0.335 e. The molecule has 0 atom stereocenters. The van der Waals surface area contributed by atoms with E-state index in [-0.39, 0.29) is 5.56 Å². The van der Waals surface area contributed by atoms with E-state index in [4.69, 9.17) is 5.11 Å². The lowest BCUT2D eigenvalue weighted by Crippen LogP contribution is -2.19. The molecule has 2 aromatic rings. The predicted octanol–water partition coefficient (Wildman–Crippen LogP) is 2.61. The molecular formula is C13H11NO3S. The van der Waals surface area contributed by atoms with Crippen LogP contribution >= 0.6 is 11.3 Å². The number of nitrogens with zero attached hydrogens (tertiary/aromatic N) is 1. The minimum absolute atomic E-state index is 0.243. The van der Waals surface area contributed by atoms with Crippen molar-refractivity contribution in [3.63, 3.8) is 0 Å². The largest absolute Gasteiger partial charge is 0.478 e. The van der Waals surface area contributed by atoms with Crippen molar-refractivity contribution in [2.75, 3.05) is 4.90 Å². The molecule has 0 bridgehead atoms. The average Bonchev–Trinajstić information content (AvgIpc) is 2.90. The van der Waals surface area contributed by atoms with E-state index in [1.807, 2.05) is 16.8 Å². The van der Waals surface area contributed by atoms with Crippen LogP contribution in [0.1, 0.15) is 15.9 Å². The fraction of sp³-hybridized carbons (Fsp3) is 0.0769. The van der Waals surface area contributed by atoms with Gasteiger partial charge in [-0.1, -0.05) is 12.1 Å².